The van der Waals surface area contributed by atoms with Crippen LogP contribution in [0.5, 0.6) is 0 Å². The normalized spacial score (nSPS) is 27.7. The van der Waals surface area contributed by atoms with Crippen LogP contribution in [0.4, 0.5) is 0 Å². The molecule has 4 heteroatoms. The van der Waals surface area contributed by atoms with Crippen LogP contribution in [-0.2, 0) is 9.53 Å². The molecule has 2 atom stereocenters. The fourth-order valence-electron chi connectivity index (χ4n) is 1.86. The molecule has 0 aromatic rings. The molecule has 1 heterocycles. The Morgan fingerprint density at radius 2 is 2.40 bits per heavy atom. The molecule has 2 unspecified atom stereocenters. The molecule has 0 spiro atoms. The second kappa shape index (κ2) is 5.47. The first kappa shape index (κ1) is 12.5. The van der Waals surface area contributed by atoms with E-state index < -0.39 is 0 Å². The van der Waals surface area contributed by atoms with Crippen LogP contribution in [0, 0.1) is 0 Å². The van der Waals surface area contributed by atoms with Gasteiger partial charge in [0.2, 0.25) is 5.91 Å². The molecule has 0 bridgehead atoms. The van der Waals surface area contributed by atoms with Crippen molar-refractivity contribution in [1.29, 1.82) is 0 Å². The van der Waals surface area contributed by atoms with Crippen molar-refractivity contribution < 1.29 is 9.53 Å². The van der Waals surface area contributed by atoms with Crippen molar-refractivity contribution in [3.63, 3.8) is 0 Å². The zero-order valence-electron chi connectivity index (χ0n) is 9.71. The fraction of sp³-hybridized carbons (Fsp3) is 0.909. The Kier molecular flexibility index (Phi) is 4.54. The Morgan fingerprint density at radius 3 is 2.93 bits per heavy atom. The van der Waals surface area contributed by atoms with Crippen LogP contribution in [-0.4, -0.2) is 30.7 Å². The zero-order chi connectivity index (χ0) is 11.3. The van der Waals surface area contributed by atoms with Gasteiger partial charge in [0.25, 0.3) is 0 Å². The van der Waals surface area contributed by atoms with Gasteiger partial charge in [-0.15, -0.1) is 0 Å². The molecule has 1 amide bonds. The van der Waals surface area contributed by atoms with Crippen molar-refractivity contribution in [2.45, 2.75) is 51.1 Å². The molecule has 1 aliphatic rings. The van der Waals surface area contributed by atoms with E-state index in [9.17, 15) is 4.79 Å². The van der Waals surface area contributed by atoms with Crippen LogP contribution in [0.3, 0.4) is 0 Å². The zero-order valence-corrected chi connectivity index (χ0v) is 9.71. The van der Waals surface area contributed by atoms with E-state index in [1.165, 1.54) is 0 Å². The van der Waals surface area contributed by atoms with Gasteiger partial charge in [0, 0.05) is 19.1 Å². The summed E-state index contributed by atoms with van der Waals surface area (Å²) in [4.78, 5) is 11.6. The van der Waals surface area contributed by atoms with Gasteiger partial charge in [0.1, 0.15) is 0 Å². The Balaban J connectivity index is 2.28. The molecule has 1 aliphatic heterocycles. The maximum atomic E-state index is 11.6. The quantitative estimate of drug-likeness (QED) is 0.711. The van der Waals surface area contributed by atoms with E-state index in [2.05, 4.69) is 12.2 Å². The lowest BCUT2D eigenvalue weighted by Crippen LogP contribution is -2.47. The molecule has 15 heavy (non-hydrogen) atoms. The average molecular weight is 214 g/mol. The van der Waals surface area contributed by atoms with Crippen LogP contribution in [0.15, 0.2) is 0 Å². The number of rotatable bonds is 5. The largest absolute Gasteiger partial charge is 0.379 e. The average Bonchev–Trinajstić information content (AvgIpc) is 2.51. The number of carbonyl (C=O) groups is 1. The first-order valence-corrected chi connectivity index (χ1v) is 5.70. The minimum absolute atomic E-state index is 0.0130. The molecule has 0 aliphatic carbocycles. The van der Waals surface area contributed by atoms with Crippen molar-refractivity contribution in [2.24, 2.45) is 5.73 Å². The summed E-state index contributed by atoms with van der Waals surface area (Å²) in [6.07, 6.45) is 3.24. The van der Waals surface area contributed by atoms with E-state index in [-0.39, 0.29) is 17.5 Å². The maximum absolute atomic E-state index is 11.6. The molecule has 0 aromatic heterocycles. The molecular formula is C11H22N2O2. The highest BCUT2D eigenvalue weighted by molar-refractivity contribution is 5.77. The third-order valence-corrected chi connectivity index (χ3v) is 2.77. The third kappa shape index (κ3) is 4.18. The van der Waals surface area contributed by atoms with Gasteiger partial charge in [-0.1, -0.05) is 13.3 Å². The Bertz CT molecular complexity index is 213. The van der Waals surface area contributed by atoms with Crippen LogP contribution in [0.2, 0.25) is 0 Å². The highest BCUT2D eigenvalue weighted by Gasteiger charge is 2.31. The Hall–Kier alpha value is -0.610. The first-order valence-electron chi connectivity index (χ1n) is 5.70. The van der Waals surface area contributed by atoms with Crippen molar-refractivity contribution in [3.8, 4) is 0 Å². The summed E-state index contributed by atoms with van der Waals surface area (Å²) in [6, 6.07) is -0.0130. The SMILES string of the molecule is CCCC(N)CC(=O)NC1(C)CCOC1. The van der Waals surface area contributed by atoms with Gasteiger partial charge >= 0.3 is 0 Å². The van der Waals surface area contributed by atoms with Gasteiger partial charge in [-0.25, -0.2) is 0 Å². The second-order valence-corrected chi connectivity index (χ2v) is 4.66. The third-order valence-electron chi connectivity index (χ3n) is 2.77. The van der Waals surface area contributed by atoms with E-state index >= 15 is 0 Å². The molecule has 1 fully saturated rings. The van der Waals surface area contributed by atoms with E-state index in [0.29, 0.717) is 13.0 Å². The molecule has 0 saturated carbocycles. The fourth-order valence-corrected chi connectivity index (χ4v) is 1.86. The highest BCUT2D eigenvalue weighted by Crippen LogP contribution is 2.17. The highest BCUT2D eigenvalue weighted by atomic mass is 16.5. The summed E-state index contributed by atoms with van der Waals surface area (Å²) >= 11 is 0. The van der Waals surface area contributed by atoms with E-state index in [1.54, 1.807) is 0 Å². The topological polar surface area (TPSA) is 64.4 Å². The lowest BCUT2D eigenvalue weighted by molar-refractivity contribution is -0.123. The summed E-state index contributed by atoms with van der Waals surface area (Å²) in [7, 11) is 0. The molecule has 3 N–H and O–H groups in total. The summed E-state index contributed by atoms with van der Waals surface area (Å²) < 4.78 is 5.27. The van der Waals surface area contributed by atoms with Crippen molar-refractivity contribution in [3.05, 3.63) is 0 Å². The number of hydrogen-bond acceptors (Lipinski definition) is 3. The van der Waals surface area contributed by atoms with E-state index in [1.807, 2.05) is 6.92 Å². The number of amides is 1. The van der Waals surface area contributed by atoms with E-state index in [0.717, 1.165) is 25.9 Å². The van der Waals surface area contributed by atoms with Crippen molar-refractivity contribution in [2.75, 3.05) is 13.2 Å². The summed E-state index contributed by atoms with van der Waals surface area (Å²) in [6.45, 7) is 5.44. The lowest BCUT2D eigenvalue weighted by Gasteiger charge is -2.24. The van der Waals surface area contributed by atoms with Gasteiger partial charge in [0.15, 0.2) is 0 Å². The molecule has 4 nitrogen and oxygen atoms in total. The Labute approximate surface area is 91.5 Å². The van der Waals surface area contributed by atoms with Crippen LogP contribution in [0.25, 0.3) is 0 Å². The summed E-state index contributed by atoms with van der Waals surface area (Å²) in [5.74, 6) is 0.0453. The lowest BCUT2D eigenvalue weighted by atomic mass is 10.0. The number of nitrogens with one attached hydrogen (secondary N) is 1. The number of ether oxygens (including phenoxy) is 1. The molecule has 88 valence electrons. The van der Waals surface area contributed by atoms with Crippen LogP contribution < -0.4 is 11.1 Å². The van der Waals surface area contributed by atoms with Crippen LogP contribution >= 0.6 is 0 Å². The summed E-state index contributed by atoms with van der Waals surface area (Å²) in [5, 5.41) is 3.00. The molecular weight excluding hydrogens is 192 g/mol. The van der Waals surface area contributed by atoms with Crippen molar-refractivity contribution in [1.82, 2.24) is 5.32 Å². The molecule has 1 rings (SSSR count). The summed E-state index contributed by atoms with van der Waals surface area (Å²) in [5.41, 5.74) is 5.63. The van der Waals surface area contributed by atoms with Gasteiger partial charge in [-0.3, -0.25) is 4.79 Å². The van der Waals surface area contributed by atoms with Crippen molar-refractivity contribution >= 4 is 5.91 Å². The molecule has 0 radical (unpaired) electrons. The van der Waals surface area contributed by atoms with Gasteiger partial charge in [-0.05, 0) is 19.8 Å². The van der Waals surface area contributed by atoms with Gasteiger partial charge in [0.05, 0.1) is 12.1 Å². The standard InChI is InChI=1S/C11H22N2O2/c1-3-4-9(12)7-10(14)13-11(2)5-6-15-8-11/h9H,3-8,12H2,1-2H3,(H,13,14). The molecule has 1 saturated heterocycles. The predicted molar refractivity (Wildman–Crippen MR) is 59.5 cm³/mol. The van der Waals surface area contributed by atoms with Gasteiger partial charge < -0.3 is 15.8 Å². The second-order valence-electron chi connectivity index (χ2n) is 4.66. The van der Waals surface area contributed by atoms with E-state index in [4.69, 9.17) is 10.5 Å². The van der Waals surface area contributed by atoms with Crippen LogP contribution in [0.1, 0.15) is 39.5 Å². The number of hydrogen-bond donors (Lipinski definition) is 2. The first-order chi connectivity index (χ1) is 7.06. The Morgan fingerprint density at radius 1 is 1.67 bits per heavy atom. The minimum atomic E-state index is -0.178. The monoisotopic (exact) mass is 214 g/mol. The molecule has 0 aromatic carbocycles. The number of carbonyl (C=O) groups excluding carboxylic acids is 1. The van der Waals surface area contributed by atoms with Gasteiger partial charge in [-0.2, -0.15) is 0 Å². The number of nitrogens with two attached hydrogens (primary N) is 1. The predicted octanol–water partition coefficient (Wildman–Crippen LogP) is 0.799. The minimum Gasteiger partial charge on any atom is -0.379 e. The smallest absolute Gasteiger partial charge is 0.222 e. The maximum Gasteiger partial charge on any atom is 0.222 e.